The van der Waals surface area contributed by atoms with Gasteiger partial charge in [-0.15, -0.1) is 0 Å². The second-order valence-corrected chi connectivity index (χ2v) is 6.21. The molecule has 0 aromatic carbocycles. The molecule has 0 aliphatic heterocycles. The maximum Gasteiger partial charge on any atom is 0.352 e. The van der Waals surface area contributed by atoms with Crippen LogP contribution in [0.25, 0.3) is 0 Å². The van der Waals surface area contributed by atoms with E-state index in [1.807, 2.05) is 10.8 Å². The van der Waals surface area contributed by atoms with E-state index in [9.17, 15) is 4.79 Å². The summed E-state index contributed by atoms with van der Waals surface area (Å²) < 4.78 is 2.73. The molecule has 1 saturated carbocycles. The van der Waals surface area contributed by atoms with Crippen LogP contribution < -0.4 is 0 Å². The molecule has 1 aromatic rings. The zero-order chi connectivity index (χ0) is 13.1. The van der Waals surface area contributed by atoms with Crippen LogP contribution in [0.3, 0.4) is 0 Å². The predicted molar refractivity (Wildman–Crippen MR) is 74.8 cm³/mol. The highest BCUT2D eigenvalue weighted by Crippen LogP contribution is 2.32. The summed E-state index contributed by atoms with van der Waals surface area (Å²) >= 11 is 3.35. The number of hydrogen-bond donors (Lipinski definition) is 1. The molecule has 0 unspecified atom stereocenters. The number of aromatic carboxylic acids is 1. The Morgan fingerprint density at radius 2 is 2.00 bits per heavy atom. The maximum absolute atomic E-state index is 11.1. The van der Waals surface area contributed by atoms with Crippen LogP contribution in [0.2, 0.25) is 0 Å². The van der Waals surface area contributed by atoms with E-state index in [1.165, 1.54) is 32.1 Å². The molecule has 100 valence electrons. The van der Waals surface area contributed by atoms with Gasteiger partial charge in [-0.25, -0.2) is 4.79 Å². The molecule has 0 saturated heterocycles. The molecule has 2 rings (SSSR count). The first-order chi connectivity index (χ1) is 8.60. The molecule has 3 nitrogen and oxygen atoms in total. The molecular weight excluding hydrogens is 294 g/mol. The Morgan fingerprint density at radius 3 is 2.56 bits per heavy atom. The first-order valence-corrected chi connectivity index (χ1v) is 7.48. The highest BCUT2D eigenvalue weighted by molar-refractivity contribution is 9.10. The van der Waals surface area contributed by atoms with Crippen molar-refractivity contribution in [3.63, 3.8) is 0 Å². The normalized spacial score (nSPS) is 24.1. The lowest BCUT2D eigenvalue weighted by atomic mass is 9.81. The molecular formula is C14H20BrNO2. The summed E-state index contributed by atoms with van der Waals surface area (Å²) in [7, 11) is 0. The number of rotatable bonds is 4. The molecule has 0 radical (unpaired) electrons. The van der Waals surface area contributed by atoms with E-state index in [4.69, 9.17) is 5.11 Å². The zero-order valence-corrected chi connectivity index (χ0v) is 12.3. The molecule has 4 heteroatoms. The smallest absolute Gasteiger partial charge is 0.352 e. The lowest BCUT2D eigenvalue weighted by molar-refractivity contribution is 0.0683. The minimum Gasteiger partial charge on any atom is -0.477 e. The van der Waals surface area contributed by atoms with Crippen LogP contribution >= 0.6 is 15.9 Å². The first kappa shape index (κ1) is 13.7. The standard InChI is InChI=1S/C14H20BrNO2/c1-2-10-3-5-11(6-4-10)8-16-9-12(15)7-13(16)14(17)18/h7,9-11H,2-6,8H2,1H3,(H,17,18). The van der Waals surface area contributed by atoms with Crippen LogP contribution in [-0.4, -0.2) is 15.6 Å². The van der Waals surface area contributed by atoms with Gasteiger partial charge in [-0.3, -0.25) is 0 Å². The SMILES string of the molecule is CCC1CCC(Cn2cc(Br)cc2C(=O)O)CC1. The van der Waals surface area contributed by atoms with Crippen molar-refractivity contribution in [3.05, 3.63) is 22.4 Å². The Bertz CT molecular complexity index is 419. The van der Waals surface area contributed by atoms with Crippen molar-refractivity contribution in [1.29, 1.82) is 0 Å². The average molecular weight is 314 g/mol. The summed E-state index contributed by atoms with van der Waals surface area (Å²) in [4.78, 5) is 11.1. The molecule has 1 N–H and O–H groups in total. The third kappa shape index (κ3) is 3.16. The van der Waals surface area contributed by atoms with Gasteiger partial charge >= 0.3 is 5.97 Å². The van der Waals surface area contributed by atoms with Crippen molar-refractivity contribution in [3.8, 4) is 0 Å². The van der Waals surface area contributed by atoms with Gasteiger partial charge in [0.2, 0.25) is 0 Å². The van der Waals surface area contributed by atoms with Crippen molar-refractivity contribution in [1.82, 2.24) is 4.57 Å². The zero-order valence-electron chi connectivity index (χ0n) is 10.7. The maximum atomic E-state index is 11.1. The van der Waals surface area contributed by atoms with E-state index < -0.39 is 5.97 Å². The molecule has 1 aliphatic carbocycles. The fourth-order valence-electron chi connectivity index (χ4n) is 2.91. The summed E-state index contributed by atoms with van der Waals surface area (Å²) in [6.07, 6.45) is 8.22. The predicted octanol–water partition coefficient (Wildman–Crippen LogP) is 4.17. The van der Waals surface area contributed by atoms with Gasteiger partial charge in [0.15, 0.2) is 0 Å². The van der Waals surface area contributed by atoms with Crippen LogP contribution in [0.5, 0.6) is 0 Å². The number of aromatic nitrogens is 1. The van der Waals surface area contributed by atoms with Crippen LogP contribution in [0, 0.1) is 11.8 Å². The fraction of sp³-hybridized carbons (Fsp3) is 0.643. The lowest BCUT2D eigenvalue weighted by Gasteiger charge is -2.28. The Hall–Kier alpha value is -0.770. The monoisotopic (exact) mass is 313 g/mol. The highest BCUT2D eigenvalue weighted by atomic mass is 79.9. The summed E-state index contributed by atoms with van der Waals surface area (Å²) in [6, 6.07) is 1.68. The van der Waals surface area contributed by atoms with Crippen LogP contribution in [0.1, 0.15) is 49.5 Å². The lowest BCUT2D eigenvalue weighted by Crippen LogP contribution is -2.20. The number of nitrogens with zero attached hydrogens (tertiary/aromatic N) is 1. The minimum atomic E-state index is -0.844. The molecule has 0 amide bonds. The van der Waals surface area contributed by atoms with Gasteiger partial charge in [0.25, 0.3) is 0 Å². The molecule has 1 heterocycles. The number of halogens is 1. The largest absolute Gasteiger partial charge is 0.477 e. The molecule has 1 aromatic heterocycles. The van der Waals surface area contributed by atoms with E-state index in [0.29, 0.717) is 11.6 Å². The summed E-state index contributed by atoms with van der Waals surface area (Å²) in [6.45, 7) is 3.10. The number of carbonyl (C=O) groups is 1. The Kier molecular flexibility index (Phi) is 4.49. The number of hydrogen-bond acceptors (Lipinski definition) is 1. The molecule has 1 aliphatic rings. The Labute approximate surface area is 116 Å². The van der Waals surface area contributed by atoms with Gasteiger partial charge in [-0.2, -0.15) is 0 Å². The molecule has 1 fully saturated rings. The summed E-state index contributed by atoms with van der Waals surface area (Å²) in [5.41, 5.74) is 0.388. The Morgan fingerprint density at radius 1 is 1.39 bits per heavy atom. The van der Waals surface area contributed by atoms with Crippen LogP contribution in [0.4, 0.5) is 0 Å². The summed E-state index contributed by atoms with van der Waals surface area (Å²) in [5.74, 6) is 0.671. The van der Waals surface area contributed by atoms with Crippen molar-refractivity contribution in [2.24, 2.45) is 11.8 Å². The van der Waals surface area contributed by atoms with Crippen molar-refractivity contribution < 1.29 is 9.90 Å². The topological polar surface area (TPSA) is 42.2 Å². The Balaban J connectivity index is 2.00. The van der Waals surface area contributed by atoms with Crippen LogP contribution in [0.15, 0.2) is 16.7 Å². The molecule has 0 bridgehead atoms. The minimum absolute atomic E-state index is 0.388. The van der Waals surface area contributed by atoms with Crippen molar-refractivity contribution in [2.75, 3.05) is 0 Å². The van der Waals surface area contributed by atoms with Crippen LogP contribution in [-0.2, 0) is 6.54 Å². The van der Waals surface area contributed by atoms with E-state index >= 15 is 0 Å². The van der Waals surface area contributed by atoms with Gasteiger partial charge in [0, 0.05) is 17.2 Å². The average Bonchev–Trinajstić information content (AvgIpc) is 2.71. The van der Waals surface area contributed by atoms with Gasteiger partial charge in [0.05, 0.1) is 0 Å². The number of carboxylic acids is 1. The quantitative estimate of drug-likeness (QED) is 0.906. The highest BCUT2D eigenvalue weighted by Gasteiger charge is 2.22. The van der Waals surface area contributed by atoms with Crippen molar-refractivity contribution >= 4 is 21.9 Å². The van der Waals surface area contributed by atoms with E-state index in [-0.39, 0.29) is 0 Å². The van der Waals surface area contributed by atoms with Gasteiger partial charge < -0.3 is 9.67 Å². The first-order valence-electron chi connectivity index (χ1n) is 6.69. The molecule has 0 atom stereocenters. The van der Waals surface area contributed by atoms with E-state index in [0.717, 1.165) is 16.9 Å². The molecule has 0 spiro atoms. The van der Waals surface area contributed by atoms with E-state index in [2.05, 4.69) is 22.9 Å². The number of carboxylic acid groups (broad SMARTS) is 1. The van der Waals surface area contributed by atoms with Gasteiger partial charge in [0.1, 0.15) is 5.69 Å². The molecule has 18 heavy (non-hydrogen) atoms. The third-order valence-corrected chi connectivity index (χ3v) is 4.51. The fourth-order valence-corrected chi connectivity index (χ4v) is 3.37. The van der Waals surface area contributed by atoms with Gasteiger partial charge in [-0.05, 0) is 46.7 Å². The summed E-state index contributed by atoms with van der Waals surface area (Å²) in [5, 5.41) is 9.15. The second-order valence-electron chi connectivity index (χ2n) is 5.30. The van der Waals surface area contributed by atoms with Gasteiger partial charge in [-0.1, -0.05) is 26.2 Å². The van der Waals surface area contributed by atoms with Crippen molar-refractivity contribution in [2.45, 2.75) is 45.6 Å². The third-order valence-electron chi connectivity index (χ3n) is 4.08. The van der Waals surface area contributed by atoms with E-state index in [1.54, 1.807) is 6.07 Å². The second kappa shape index (κ2) is 5.91.